The first-order valence-corrected chi connectivity index (χ1v) is 10.6. The van der Waals surface area contributed by atoms with Crippen LogP contribution in [0.2, 0.25) is 10.0 Å². The van der Waals surface area contributed by atoms with Gasteiger partial charge in [-0.1, -0.05) is 53.5 Å². The Balaban J connectivity index is 1.57. The molecule has 0 saturated heterocycles. The number of carbonyl (C=O) groups excluding carboxylic acids is 1. The van der Waals surface area contributed by atoms with E-state index in [0.29, 0.717) is 30.8 Å². The number of nitrogens with one attached hydrogen (secondary N) is 1. The third-order valence-electron chi connectivity index (χ3n) is 5.26. The van der Waals surface area contributed by atoms with Crippen molar-refractivity contribution in [2.45, 2.75) is 13.0 Å². The van der Waals surface area contributed by atoms with Crippen molar-refractivity contribution in [2.24, 2.45) is 0 Å². The highest BCUT2D eigenvalue weighted by molar-refractivity contribution is 6.37. The van der Waals surface area contributed by atoms with Crippen LogP contribution in [0.25, 0.3) is 11.1 Å². The highest BCUT2D eigenvalue weighted by atomic mass is 35.5. The normalized spacial score (nSPS) is 13.7. The lowest BCUT2D eigenvalue weighted by molar-refractivity contribution is 0.102. The van der Waals surface area contributed by atoms with E-state index in [1.807, 2.05) is 6.07 Å². The van der Waals surface area contributed by atoms with Crippen molar-refractivity contribution < 1.29 is 14.3 Å². The molecule has 0 fully saturated rings. The first-order chi connectivity index (χ1) is 15.0. The topological polar surface area (TPSA) is 65.5 Å². The van der Waals surface area contributed by atoms with Gasteiger partial charge in [0.25, 0.3) is 5.91 Å². The van der Waals surface area contributed by atoms with Gasteiger partial charge in [0.05, 0.1) is 22.3 Å². The number of rotatable bonds is 5. The van der Waals surface area contributed by atoms with E-state index in [2.05, 4.69) is 15.2 Å². The number of aliphatic hydroxyl groups excluding tert-OH is 1. The minimum atomic E-state index is -0.568. The molecule has 0 aliphatic carbocycles. The minimum Gasteiger partial charge on any atom is -0.395 e. The molecule has 8 heteroatoms. The number of pyridine rings is 1. The average Bonchev–Trinajstić information content (AvgIpc) is 2.77. The Morgan fingerprint density at radius 1 is 1.13 bits per heavy atom. The van der Waals surface area contributed by atoms with Crippen LogP contribution >= 0.6 is 23.2 Å². The van der Waals surface area contributed by atoms with Crippen LogP contribution in [-0.4, -0.2) is 40.6 Å². The minimum absolute atomic E-state index is 0.00109. The molecule has 1 aliphatic rings. The van der Waals surface area contributed by atoms with Gasteiger partial charge < -0.3 is 10.4 Å². The summed E-state index contributed by atoms with van der Waals surface area (Å²) in [5, 5.41) is 12.1. The maximum absolute atomic E-state index is 14.5. The smallest absolute Gasteiger partial charge is 0.274 e. The monoisotopic (exact) mass is 459 g/mol. The van der Waals surface area contributed by atoms with E-state index in [1.54, 1.807) is 36.4 Å². The molecule has 31 heavy (non-hydrogen) atoms. The molecule has 1 aliphatic heterocycles. The van der Waals surface area contributed by atoms with Crippen molar-refractivity contribution in [3.63, 3.8) is 0 Å². The average molecular weight is 460 g/mol. The van der Waals surface area contributed by atoms with Gasteiger partial charge in [-0.05, 0) is 23.8 Å². The summed E-state index contributed by atoms with van der Waals surface area (Å²) >= 11 is 12.4. The molecular formula is C23H20Cl2FN3O2. The van der Waals surface area contributed by atoms with E-state index >= 15 is 0 Å². The number of aliphatic hydroxyl groups is 1. The summed E-state index contributed by atoms with van der Waals surface area (Å²) in [7, 11) is 0. The first-order valence-electron chi connectivity index (χ1n) is 9.84. The Labute approximate surface area is 189 Å². The fourth-order valence-electron chi connectivity index (χ4n) is 3.67. The fourth-order valence-corrected chi connectivity index (χ4v) is 4.12. The molecule has 0 spiro atoms. The lowest BCUT2D eigenvalue weighted by atomic mass is 10.0. The summed E-state index contributed by atoms with van der Waals surface area (Å²) in [5.74, 6) is -0.965. The van der Waals surface area contributed by atoms with E-state index in [4.69, 9.17) is 28.3 Å². The van der Waals surface area contributed by atoms with Crippen LogP contribution in [0.1, 0.15) is 21.7 Å². The lowest BCUT2D eigenvalue weighted by Gasteiger charge is -2.27. The van der Waals surface area contributed by atoms with Crippen LogP contribution in [0.15, 0.2) is 48.5 Å². The number of amides is 1. The molecule has 0 atom stereocenters. The van der Waals surface area contributed by atoms with Crippen molar-refractivity contribution in [2.75, 3.05) is 25.0 Å². The van der Waals surface area contributed by atoms with E-state index in [-0.39, 0.29) is 27.9 Å². The number of aromatic nitrogens is 1. The van der Waals surface area contributed by atoms with Crippen LogP contribution in [0.4, 0.5) is 10.1 Å². The maximum atomic E-state index is 14.5. The van der Waals surface area contributed by atoms with Crippen molar-refractivity contribution in [1.29, 1.82) is 0 Å². The van der Waals surface area contributed by atoms with Crippen molar-refractivity contribution in [3.05, 3.63) is 81.3 Å². The number of fused-ring (bicyclic) bond motifs is 1. The quantitative estimate of drug-likeness (QED) is 0.575. The molecule has 0 saturated carbocycles. The van der Waals surface area contributed by atoms with Gasteiger partial charge in [0.2, 0.25) is 0 Å². The zero-order valence-corrected chi connectivity index (χ0v) is 18.0. The van der Waals surface area contributed by atoms with Gasteiger partial charge in [-0.3, -0.25) is 9.69 Å². The SMILES string of the molecule is O=C(Nc1cccc(-c2cccc(Cl)c2F)c1Cl)c1ccc2c(n1)CCN(CCO)C2. The second-order valence-electron chi connectivity index (χ2n) is 7.27. The van der Waals surface area contributed by atoms with E-state index in [0.717, 1.165) is 17.8 Å². The Hall–Kier alpha value is -2.51. The molecule has 3 aromatic rings. The number of β-amino-alcohol motifs (C(OH)–C–C–N with tert-alkyl or cyclic N) is 1. The first kappa shape index (κ1) is 21.7. The van der Waals surface area contributed by atoms with Gasteiger partial charge in [0, 0.05) is 42.9 Å². The second-order valence-corrected chi connectivity index (χ2v) is 8.06. The van der Waals surface area contributed by atoms with Gasteiger partial charge in [0.1, 0.15) is 11.5 Å². The van der Waals surface area contributed by atoms with Crippen LogP contribution in [0.3, 0.4) is 0 Å². The lowest BCUT2D eigenvalue weighted by Crippen LogP contribution is -2.33. The predicted octanol–water partition coefficient (Wildman–Crippen LogP) is 4.80. The summed E-state index contributed by atoms with van der Waals surface area (Å²) in [6.45, 7) is 2.21. The molecule has 160 valence electrons. The molecule has 0 bridgehead atoms. The summed E-state index contributed by atoms with van der Waals surface area (Å²) in [6.07, 6.45) is 0.709. The molecule has 2 aromatic carbocycles. The third kappa shape index (κ3) is 4.57. The van der Waals surface area contributed by atoms with Crippen molar-refractivity contribution in [3.8, 4) is 11.1 Å². The summed E-state index contributed by atoms with van der Waals surface area (Å²) in [5.41, 5.74) is 3.26. The maximum Gasteiger partial charge on any atom is 0.274 e. The largest absolute Gasteiger partial charge is 0.395 e. The number of nitrogens with zero attached hydrogens (tertiary/aromatic N) is 2. The van der Waals surface area contributed by atoms with E-state index in [1.165, 1.54) is 6.07 Å². The zero-order valence-electron chi connectivity index (χ0n) is 16.5. The number of hydrogen-bond donors (Lipinski definition) is 2. The van der Waals surface area contributed by atoms with Crippen LogP contribution in [-0.2, 0) is 13.0 Å². The summed E-state index contributed by atoms with van der Waals surface area (Å²) < 4.78 is 14.5. The molecule has 0 radical (unpaired) electrons. The van der Waals surface area contributed by atoms with Crippen molar-refractivity contribution >= 4 is 34.8 Å². The number of benzene rings is 2. The molecule has 4 rings (SSSR count). The van der Waals surface area contributed by atoms with E-state index < -0.39 is 11.7 Å². The molecule has 5 nitrogen and oxygen atoms in total. The molecule has 2 N–H and O–H groups in total. The fraction of sp³-hybridized carbons (Fsp3) is 0.217. The zero-order chi connectivity index (χ0) is 22.0. The number of halogens is 3. The second kappa shape index (κ2) is 9.32. The Bertz CT molecular complexity index is 1140. The predicted molar refractivity (Wildman–Crippen MR) is 120 cm³/mol. The van der Waals surface area contributed by atoms with Crippen LogP contribution in [0, 0.1) is 5.82 Å². The van der Waals surface area contributed by atoms with Crippen LogP contribution < -0.4 is 5.32 Å². The van der Waals surface area contributed by atoms with Crippen LogP contribution in [0.5, 0.6) is 0 Å². The molecule has 2 heterocycles. The Kier molecular flexibility index (Phi) is 6.53. The summed E-state index contributed by atoms with van der Waals surface area (Å²) in [6, 6.07) is 13.3. The van der Waals surface area contributed by atoms with Gasteiger partial charge in [-0.2, -0.15) is 0 Å². The third-order valence-corrected chi connectivity index (χ3v) is 5.96. The van der Waals surface area contributed by atoms with Gasteiger partial charge in [-0.15, -0.1) is 0 Å². The van der Waals surface area contributed by atoms with Gasteiger partial charge >= 0.3 is 0 Å². The van der Waals surface area contributed by atoms with Crippen molar-refractivity contribution in [1.82, 2.24) is 9.88 Å². The summed E-state index contributed by atoms with van der Waals surface area (Å²) in [4.78, 5) is 19.5. The number of carbonyl (C=O) groups is 1. The Morgan fingerprint density at radius 2 is 1.90 bits per heavy atom. The number of anilines is 1. The number of hydrogen-bond acceptors (Lipinski definition) is 4. The molecule has 0 unspecified atom stereocenters. The molecular weight excluding hydrogens is 440 g/mol. The standard InChI is InChI=1S/C23H20Cl2FN3O2/c24-17-5-1-4-16(22(17)26)15-3-2-6-19(21(15)25)28-23(31)20-8-7-14-13-29(11-12-30)10-9-18(14)27-20/h1-8,30H,9-13H2,(H,28,31). The van der Waals surface area contributed by atoms with Gasteiger partial charge in [-0.25, -0.2) is 9.37 Å². The highest BCUT2D eigenvalue weighted by Gasteiger charge is 2.20. The van der Waals surface area contributed by atoms with E-state index in [9.17, 15) is 9.18 Å². The highest BCUT2D eigenvalue weighted by Crippen LogP contribution is 2.36. The Morgan fingerprint density at radius 3 is 2.71 bits per heavy atom. The van der Waals surface area contributed by atoms with Gasteiger partial charge in [0.15, 0.2) is 0 Å². The molecule has 1 amide bonds. The molecule has 1 aromatic heterocycles.